The minimum atomic E-state index is -0.480. The molecule has 158 valence electrons. The molecule has 1 heterocycles. The molecule has 1 fully saturated rings. The fourth-order valence-corrected chi connectivity index (χ4v) is 4.21. The van der Waals surface area contributed by atoms with Crippen molar-refractivity contribution < 1.29 is 14.3 Å². The zero-order chi connectivity index (χ0) is 21.7. The molecule has 2 aromatic carbocycles. The maximum Gasteiger partial charge on any atom is 0.242 e. The Kier molecular flexibility index (Phi) is 7.15. The van der Waals surface area contributed by atoms with Crippen LogP contribution < -0.4 is 10.1 Å². The lowest BCUT2D eigenvalue weighted by atomic mass is 10.2. The van der Waals surface area contributed by atoms with Crippen molar-refractivity contribution in [3.05, 3.63) is 54.1 Å². The summed E-state index contributed by atoms with van der Waals surface area (Å²) >= 11 is 1.35. The Balaban J connectivity index is 1.73. The average Bonchev–Trinajstić information content (AvgIpc) is 2.98. The van der Waals surface area contributed by atoms with Gasteiger partial charge < -0.3 is 10.1 Å². The third-order valence-corrected chi connectivity index (χ3v) is 5.75. The lowest BCUT2D eigenvalue weighted by Gasteiger charge is -2.18. The second-order valence-corrected chi connectivity index (χ2v) is 8.83. The van der Waals surface area contributed by atoms with Gasteiger partial charge in [-0.3, -0.25) is 14.5 Å². The second-order valence-electron chi connectivity index (χ2n) is 7.66. The number of thioether (sulfide) groups is 1. The molecule has 30 heavy (non-hydrogen) atoms. The zero-order valence-electron chi connectivity index (χ0n) is 17.7. The topological polar surface area (TPSA) is 71.0 Å². The molecule has 0 radical (unpaired) electrons. The van der Waals surface area contributed by atoms with Crippen molar-refractivity contribution in [1.82, 2.24) is 4.90 Å². The van der Waals surface area contributed by atoms with Gasteiger partial charge >= 0.3 is 0 Å². The van der Waals surface area contributed by atoms with Crippen molar-refractivity contribution in [1.29, 1.82) is 0 Å². The van der Waals surface area contributed by atoms with E-state index in [9.17, 15) is 9.59 Å². The summed E-state index contributed by atoms with van der Waals surface area (Å²) in [5.41, 5.74) is 2.59. The van der Waals surface area contributed by atoms with Gasteiger partial charge in [-0.25, -0.2) is 4.99 Å². The highest BCUT2D eigenvalue weighted by molar-refractivity contribution is 8.15. The van der Waals surface area contributed by atoms with Crippen LogP contribution in [-0.4, -0.2) is 40.8 Å². The first-order chi connectivity index (χ1) is 14.4. The van der Waals surface area contributed by atoms with Gasteiger partial charge in [-0.2, -0.15) is 0 Å². The van der Waals surface area contributed by atoms with E-state index in [1.165, 1.54) is 11.8 Å². The zero-order valence-corrected chi connectivity index (χ0v) is 18.5. The van der Waals surface area contributed by atoms with Gasteiger partial charge in [-0.1, -0.05) is 43.3 Å². The SMILES string of the molecule is COc1ccc(N=C2S[C@H](CC(=O)Nc3ccc(C)cc3)C(=O)N2CC(C)C)cc1. The molecule has 1 aliphatic rings. The molecule has 2 aromatic rings. The summed E-state index contributed by atoms with van der Waals surface area (Å²) in [6.45, 7) is 6.67. The number of amidine groups is 1. The van der Waals surface area contributed by atoms with Crippen LogP contribution in [0.1, 0.15) is 25.8 Å². The highest BCUT2D eigenvalue weighted by atomic mass is 32.2. The molecule has 0 unspecified atom stereocenters. The lowest BCUT2D eigenvalue weighted by molar-refractivity contribution is -0.128. The van der Waals surface area contributed by atoms with E-state index >= 15 is 0 Å². The van der Waals surface area contributed by atoms with E-state index in [2.05, 4.69) is 24.2 Å². The largest absolute Gasteiger partial charge is 0.497 e. The van der Waals surface area contributed by atoms with Crippen molar-refractivity contribution in [3.8, 4) is 5.75 Å². The summed E-state index contributed by atoms with van der Waals surface area (Å²) < 4.78 is 5.18. The van der Waals surface area contributed by atoms with Crippen molar-refractivity contribution >= 4 is 40.1 Å². The number of aliphatic imine (C=N–C) groups is 1. The Morgan fingerprint density at radius 2 is 1.83 bits per heavy atom. The van der Waals surface area contributed by atoms with Crippen molar-refractivity contribution in [2.75, 3.05) is 19.0 Å². The van der Waals surface area contributed by atoms with Crippen LogP contribution in [0.2, 0.25) is 0 Å². The highest BCUT2D eigenvalue weighted by Crippen LogP contribution is 2.32. The minimum Gasteiger partial charge on any atom is -0.497 e. The van der Waals surface area contributed by atoms with E-state index in [1.807, 2.05) is 55.5 Å². The molecule has 3 rings (SSSR count). The number of carbonyl (C=O) groups excluding carboxylic acids is 2. The summed E-state index contributed by atoms with van der Waals surface area (Å²) in [6, 6.07) is 15.0. The number of nitrogens with zero attached hydrogens (tertiary/aromatic N) is 2. The van der Waals surface area contributed by atoms with Crippen molar-refractivity contribution in [3.63, 3.8) is 0 Å². The number of aryl methyl sites for hydroxylation is 1. The van der Waals surface area contributed by atoms with Crippen LogP contribution in [0.25, 0.3) is 0 Å². The van der Waals surface area contributed by atoms with E-state index in [-0.39, 0.29) is 24.2 Å². The number of hydrogen-bond acceptors (Lipinski definition) is 5. The highest BCUT2D eigenvalue weighted by Gasteiger charge is 2.39. The molecule has 1 saturated heterocycles. The van der Waals surface area contributed by atoms with E-state index < -0.39 is 5.25 Å². The maximum absolute atomic E-state index is 13.0. The van der Waals surface area contributed by atoms with Crippen LogP contribution in [0.3, 0.4) is 0 Å². The van der Waals surface area contributed by atoms with Gasteiger partial charge in [-0.15, -0.1) is 0 Å². The number of anilines is 1. The lowest BCUT2D eigenvalue weighted by Crippen LogP contribution is -2.36. The molecule has 0 aromatic heterocycles. The van der Waals surface area contributed by atoms with E-state index in [0.717, 1.165) is 22.7 Å². The third-order valence-electron chi connectivity index (χ3n) is 4.57. The maximum atomic E-state index is 13.0. The predicted octanol–water partition coefficient (Wildman–Crippen LogP) is 4.62. The molecular weight excluding hydrogens is 398 g/mol. The van der Waals surface area contributed by atoms with Gasteiger partial charge in [0.05, 0.1) is 12.8 Å². The molecular formula is C23H27N3O3S. The Morgan fingerprint density at radius 1 is 1.17 bits per heavy atom. The number of amides is 2. The first kappa shape index (κ1) is 21.9. The van der Waals surface area contributed by atoms with Gasteiger partial charge in [0.2, 0.25) is 11.8 Å². The summed E-state index contributed by atoms with van der Waals surface area (Å²) in [7, 11) is 1.61. The number of ether oxygens (including phenoxy) is 1. The number of rotatable bonds is 7. The van der Waals surface area contributed by atoms with Crippen LogP contribution in [0.4, 0.5) is 11.4 Å². The smallest absolute Gasteiger partial charge is 0.242 e. The van der Waals surface area contributed by atoms with Crippen LogP contribution in [0.15, 0.2) is 53.5 Å². The average molecular weight is 426 g/mol. The van der Waals surface area contributed by atoms with Crippen molar-refractivity contribution in [2.24, 2.45) is 10.9 Å². The monoisotopic (exact) mass is 425 g/mol. The van der Waals surface area contributed by atoms with Crippen molar-refractivity contribution in [2.45, 2.75) is 32.4 Å². The van der Waals surface area contributed by atoms with Gasteiger partial charge in [0, 0.05) is 18.7 Å². The number of nitrogens with one attached hydrogen (secondary N) is 1. The fraction of sp³-hybridized carbons (Fsp3) is 0.348. The van der Waals surface area contributed by atoms with Gasteiger partial charge in [0.25, 0.3) is 0 Å². The Hall–Kier alpha value is -2.80. The first-order valence-corrected chi connectivity index (χ1v) is 10.8. The predicted molar refractivity (Wildman–Crippen MR) is 122 cm³/mol. The normalized spacial score (nSPS) is 17.6. The fourth-order valence-electron chi connectivity index (χ4n) is 3.04. The Labute approximate surface area is 181 Å². The minimum absolute atomic E-state index is 0.0694. The summed E-state index contributed by atoms with van der Waals surface area (Å²) in [4.78, 5) is 31.9. The molecule has 0 bridgehead atoms. The molecule has 6 nitrogen and oxygen atoms in total. The summed E-state index contributed by atoms with van der Waals surface area (Å²) in [6.07, 6.45) is 0.105. The van der Waals surface area contributed by atoms with E-state index in [0.29, 0.717) is 11.7 Å². The van der Waals surface area contributed by atoms with Gasteiger partial charge in [0.1, 0.15) is 11.0 Å². The quantitative estimate of drug-likeness (QED) is 0.703. The molecule has 0 spiro atoms. The molecule has 0 saturated carbocycles. The molecule has 1 aliphatic heterocycles. The van der Waals surface area contributed by atoms with E-state index in [1.54, 1.807) is 12.0 Å². The summed E-state index contributed by atoms with van der Waals surface area (Å²) in [5, 5.41) is 3.02. The third kappa shape index (κ3) is 5.63. The second kappa shape index (κ2) is 9.80. The van der Waals surface area contributed by atoms with Crippen LogP contribution in [-0.2, 0) is 9.59 Å². The first-order valence-electron chi connectivity index (χ1n) is 9.93. The molecule has 2 amide bonds. The molecule has 1 N–H and O–H groups in total. The summed E-state index contributed by atoms with van der Waals surface area (Å²) in [5.74, 6) is 0.787. The van der Waals surface area contributed by atoms with Crippen LogP contribution in [0.5, 0.6) is 5.75 Å². The molecule has 1 atom stereocenters. The Morgan fingerprint density at radius 3 is 2.43 bits per heavy atom. The Bertz CT molecular complexity index is 924. The van der Waals surface area contributed by atoms with Crippen LogP contribution in [0, 0.1) is 12.8 Å². The molecule has 0 aliphatic carbocycles. The van der Waals surface area contributed by atoms with E-state index in [4.69, 9.17) is 4.74 Å². The number of benzene rings is 2. The molecule has 7 heteroatoms. The van der Waals surface area contributed by atoms with Crippen LogP contribution >= 0.6 is 11.8 Å². The number of methoxy groups -OCH3 is 1. The van der Waals surface area contributed by atoms with Gasteiger partial charge in [0.15, 0.2) is 5.17 Å². The number of hydrogen-bond donors (Lipinski definition) is 1. The standard InChI is InChI=1S/C23H27N3O3S/c1-15(2)14-26-22(28)20(13-21(27)24-17-7-5-16(3)6-8-17)30-23(26)25-18-9-11-19(29-4)12-10-18/h5-12,15,20H,13-14H2,1-4H3,(H,24,27)/t20-/m1/s1. The number of carbonyl (C=O) groups is 2. The van der Waals surface area contributed by atoms with Gasteiger partial charge in [-0.05, 0) is 49.2 Å².